The fourth-order valence-electron chi connectivity index (χ4n) is 2.89. The van der Waals surface area contributed by atoms with Crippen LogP contribution < -0.4 is 20.5 Å². The molecule has 0 aliphatic rings. The fourth-order valence-corrected chi connectivity index (χ4v) is 5.80. The molecule has 0 aliphatic carbocycles. The van der Waals surface area contributed by atoms with Gasteiger partial charge < -0.3 is 4.90 Å². The van der Waals surface area contributed by atoms with Gasteiger partial charge in [-0.15, -0.1) is 0 Å². The van der Waals surface area contributed by atoms with Crippen LogP contribution in [0.25, 0.3) is 0 Å². The Kier molecular flexibility index (Phi) is 7.25. The van der Waals surface area contributed by atoms with E-state index in [1.54, 1.807) is 0 Å². The molecular weight excluding hydrogens is 445 g/mol. The van der Waals surface area contributed by atoms with E-state index >= 15 is 0 Å². The molecule has 1 unspecified atom stereocenters. The van der Waals surface area contributed by atoms with Crippen LogP contribution in [0.4, 0.5) is 17.1 Å². The van der Waals surface area contributed by atoms with Gasteiger partial charge in [-0.1, -0.05) is 18.7 Å². The minimum absolute atomic E-state index is 0.315. The average Bonchev–Trinajstić information content (AvgIpc) is 2.69. The summed E-state index contributed by atoms with van der Waals surface area (Å²) < 4.78 is 0. The van der Waals surface area contributed by atoms with E-state index in [0.29, 0.717) is 9.52 Å². The van der Waals surface area contributed by atoms with Crippen LogP contribution in [0.2, 0.25) is 13.1 Å². The Bertz CT molecular complexity index is 815. The van der Waals surface area contributed by atoms with Gasteiger partial charge in [-0.25, -0.2) is 0 Å². The first kappa shape index (κ1) is 20.7. The maximum atomic E-state index is 6.35. The molecule has 3 aromatic rings. The van der Waals surface area contributed by atoms with Crippen LogP contribution >= 0.6 is 33.2 Å². The van der Waals surface area contributed by atoms with Gasteiger partial charge >= 0.3 is 16.9 Å². The van der Waals surface area contributed by atoms with Crippen molar-refractivity contribution in [3.05, 3.63) is 72.8 Å². The Morgan fingerprint density at radius 1 is 0.778 bits per heavy atom. The van der Waals surface area contributed by atoms with Crippen LogP contribution in [-0.4, -0.2) is 25.0 Å². The van der Waals surface area contributed by atoms with E-state index < -0.39 is 15.5 Å². The molecule has 7 heteroatoms. The highest BCUT2D eigenvalue weighted by Crippen LogP contribution is 2.33. The lowest BCUT2D eigenvalue weighted by Crippen LogP contribution is -2.21. The molecule has 3 aromatic carbocycles. The molecule has 1 atom stereocenters. The number of hydrogen-bond donors (Lipinski definition) is 0. The van der Waals surface area contributed by atoms with Crippen LogP contribution in [0.5, 0.6) is 0 Å². The normalized spacial score (nSPS) is 11.7. The summed E-state index contributed by atoms with van der Waals surface area (Å²) in [6.45, 7) is 4.37. The number of benzene rings is 3. The number of halogens is 3. The largest absolute Gasteiger partial charge is 0.583 e. The van der Waals surface area contributed by atoms with Crippen molar-refractivity contribution in [3.63, 3.8) is 0 Å². The van der Waals surface area contributed by atoms with E-state index in [0.717, 1.165) is 22.2 Å². The van der Waals surface area contributed by atoms with Gasteiger partial charge in [-0.05, 0) is 65.9 Å². The minimum atomic E-state index is -1.49. The lowest BCUT2D eigenvalue weighted by atomic mass is 10.2. The topological polar surface area (TPSA) is 3.24 Å². The molecule has 0 spiro atoms. The van der Waals surface area contributed by atoms with Crippen molar-refractivity contribution in [1.29, 1.82) is 0 Å². The predicted molar refractivity (Wildman–Crippen MR) is 129 cm³/mol. The second-order valence-electron chi connectivity index (χ2n) is 6.23. The summed E-state index contributed by atoms with van der Waals surface area (Å²) in [6.07, 6.45) is 0. The fraction of sp³-hybridized carbons (Fsp3) is 0.100. The Hall–Kier alpha value is -1.02. The maximum absolute atomic E-state index is 6.35. The van der Waals surface area contributed by atoms with Gasteiger partial charge in [0, 0.05) is 17.1 Å². The van der Waals surface area contributed by atoms with Gasteiger partial charge in [0.25, 0.3) is 0 Å². The molecule has 1 nitrogen and oxygen atoms in total. The summed E-state index contributed by atoms with van der Waals surface area (Å²) in [5.41, 5.74) is 3.32. The Labute approximate surface area is 181 Å². The van der Waals surface area contributed by atoms with Gasteiger partial charge in [0.15, 0.2) is 8.11 Å². The summed E-state index contributed by atoms with van der Waals surface area (Å²) >= 11 is 18.5. The Morgan fingerprint density at radius 2 is 1.22 bits per heavy atom. The molecule has 136 valence electrons. The predicted octanol–water partition coefficient (Wildman–Crippen LogP) is 4.24. The van der Waals surface area contributed by atoms with Crippen LogP contribution in [-0.2, 0) is 0 Å². The summed E-state index contributed by atoms with van der Waals surface area (Å²) in [6, 6.07) is 25.6. The number of nitrogens with zero attached hydrogens (tertiary/aromatic N) is 1. The number of anilines is 3. The van der Waals surface area contributed by atoms with E-state index in [2.05, 4.69) is 78.7 Å². The third-order valence-electron chi connectivity index (χ3n) is 4.44. The highest BCUT2D eigenvalue weighted by molar-refractivity contribution is 7.39. The lowest BCUT2D eigenvalue weighted by Gasteiger charge is -2.25. The first-order valence-electron chi connectivity index (χ1n) is 8.71. The summed E-state index contributed by atoms with van der Waals surface area (Å²) in [5.74, 6) is 0. The molecule has 0 aromatic heterocycles. The Morgan fingerprint density at radius 3 is 1.63 bits per heavy atom. The van der Waals surface area contributed by atoms with Gasteiger partial charge in [0.2, 0.25) is 0 Å². The molecule has 0 fully saturated rings. The maximum Gasteiger partial charge on any atom is 0.583 e. The number of hydrogen-bond acceptors (Lipinski definition) is 1. The second-order valence-corrected chi connectivity index (χ2v) is 15.3. The molecule has 0 heterocycles. The summed E-state index contributed by atoms with van der Waals surface area (Å²) in [4.78, 5) is 2.25. The van der Waals surface area contributed by atoms with E-state index in [9.17, 15) is 0 Å². The first-order valence-corrected chi connectivity index (χ1v) is 17.4. The molecule has 0 saturated heterocycles. The van der Waals surface area contributed by atoms with Gasteiger partial charge in [-0.3, -0.25) is 0 Å². The lowest BCUT2D eigenvalue weighted by molar-refractivity contribution is 1.29. The molecular formula is C20H20Cl3NSi3+2. The molecule has 3 rings (SSSR count). The van der Waals surface area contributed by atoms with E-state index in [1.165, 1.54) is 10.4 Å². The van der Waals surface area contributed by atoms with Crippen LogP contribution in [0, 0.1) is 0 Å². The van der Waals surface area contributed by atoms with Crippen molar-refractivity contribution in [1.82, 2.24) is 0 Å². The van der Waals surface area contributed by atoms with Crippen molar-refractivity contribution in [2.45, 2.75) is 13.1 Å². The minimum Gasteiger partial charge on any atom is -0.310 e. The molecule has 0 saturated carbocycles. The SMILES string of the molecule is C[SiH+]c1ccc(N(c2ccc([Si+](Cl)Cl)cc2)c2ccc([SiH](C)Cl)cc2)cc1. The molecule has 0 radical (unpaired) electrons. The third-order valence-corrected chi connectivity index (χ3v) is 9.63. The van der Waals surface area contributed by atoms with Crippen molar-refractivity contribution in [3.8, 4) is 0 Å². The average molecular weight is 465 g/mol. The van der Waals surface area contributed by atoms with Crippen LogP contribution in [0.15, 0.2) is 72.8 Å². The van der Waals surface area contributed by atoms with Crippen LogP contribution in [0.3, 0.4) is 0 Å². The molecule has 0 N–H and O–H groups in total. The zero-order valence-electron chi connectivity index (χ0n) is 15.2. The highest BCUT2D eigenvalue weighted by atomic mass is 35.7. The number of rotatable bonds is 6. The molecule has 0 bridgehead atoms. The quantitative estimate of drug-likeness (QED) is 0.389. The van der Waals surface area contributed by atoms with Crippen molar-refractivity contribution < 1.29 is 0 Å². The van der Waals surface area contributed by atoms with E-state index in [1.807, 2.05) is 12.1 Å². The highest BCUT2D eigenvalue weighted by Gasteiger charge is 2.26. The van der Waals surface area contributed by atoms with E-state index in [4.69, 9.17) is 33.2 Å². The van der Waals surface area contributed by atoms with Crippen LogP contribution in [0.1, 0.15) is 0 Å². The van der Waals surface area contributed by atoms with Crippen molar-refractivity contribution in [2.75, 3.05) is 4.90 Å². The first-order chi connectivity index (χ1) is 13.0. The van der Waals surface area contributed by atoms with E-state index in [-0.39, 0.29) is 0 Å². The van der Waals surface area contributed by atoms with Gasteiger partial charge in [-0.2, -0.15) is 11.1 Å². The Balaban J connectivity index is 2.04. The zero-order chi connectivity index (χ0) is 19.4. The monoisotopic (exact) mass is 463 g/mol. The zero-order valence-corrected chi connectivity index (χ0v) is 20.7. The van der Waals surface area contributed by atoms with Crippen molar-refractivity contribution in [2.24, 2.45) is 0 Å². The summed E-state index contributed by atoms with van der Waals surface area (Å²) in [5, 5.41) is 3.65. The molecule has 0 aliphatic heterocycles. The standard InChI is InChI=1S/C20H20Cl3NSi3/c1-25-18-9-3-15(4-10-18)24(16-5-11-19(12-6-16)26(2)21)17-7-13-20(14-8-17)27(22)23/h3-14,25-26H,1-2H3/q+2. The third kappa shape index (κ3) is 5.08. The second kappa shape index (κ2) is 9.45. The van der Waals surface area contributed by atoms with Gasteiger partial charge in [0.05, 0.1) is 11.7 Å². The van der Waals surface area contributed by atoms with Crippen molar-refractivity contribution >= 4 is 90.9 Å². The van der Waals surface area contributed by atoms with Gasteiger partial charge in [0.1, 0.15) is 27.3 Å². The summed E-state index contributed by atoms with van der Waals surface area (Å²) in [7, 11) is -2.50. The molecule has 27 heavy (non-hydrogen) atoms. The molecule has 0 amide bonds. The smallest absolute Gasteiger partial charge is 0.310 e.